The summed E-state index contributed by atoms with van der Waals surface area (Å²) < 4.78 is 4.86. The quantitative estimate of drug-likeness (QED) is 0.740. The van der Waals surface area contributed by atoms with E-state index in [0.717, 1.165) is 25.7 Å². The molecule has 2 N–H and O–H groups in total. The number of hydrogen-bond donors (Lipinski definition) is 2. The highest BCUT2D eigenvalue weighted by atomic mass is 32.1. The summed E-state index contributed by atoms with van der Waals surface area (Å²) in [6.07, 6.45) is 5.74. The van der Waals surface area contributed by atoms with Crippen LogP contribution in [0.4, 0.5) is 5.13 Å². The number of esters is 1. The number of hydrogen-bond acceptors (Lipinski definition) is 6. The number of nitrogens with one attached hydrogen (secondary N) is 2. The third kappa shape index (κ3) is 5.80. The fourth-order valence-corrected chi connectivity index (χ4v) is 2.79. The van der Waals surface area contributed by atoms with Gasteiger partial charge in [0.15, 0.2) is 11.7 Å². The van der Waals surface area contributed by atoms with Gasteiger partial charge in [0.25, 0.3) is 5.91 Å². The average molecular weight is 325 g/mol. The largest absolute Gasteiger partial charge is 0.456 e. The number of carbonyl (C=O) groups excluding carboxylic acids is 3. The van der Waals surface area contributed by atoms with Crippen LogP contribution in [0.5, 0.6) is 0 Å². The van der Waals surface area contributed by atoms with Gasteiger partial charge < -0.3 is 15.4 Å². The SMILES string of the molecule is O=C(CCC(=O)OCC(=O)NC1CCCC1)Nc1nccs1. The van der Waals surface area contributed by atoms with Gasteiger partial charge >= 0.3 is 5.97 Å². The highest BCUT2D eigenvalue weighted by Crippen LogP contribution is 2.17. The highest BCUT2D eigenvalue weighted by molar-refractivity contribution is 7.13. The zero-order valence-corrected chi connectivity index (χ0v) is 13.0. The molecule has 1 aromatic rings. The number of rotatable bonds is 7. The smallest absolute Gasteiger partial charge is 0.306 e. The number of nitrogens with zero attached hydrogens (tertiary/aromatic N) is 1. The van der Waals surface area contributed by atoms with E-state index in [2.05, 4.69) is 15.6 Å². The molecular weight excluding hydrogens is 306 g/mol. The molecule has 0 radical (unpaired) electrons. The topological polar surface area (TPSA) is 97.4 Å². The average Bonchev–Trinajstić information content (AvgIpc) is 3.16. The van der Waals surface area contributed by atoms with Crippen molar-refractivity contribution in [2.45, 2.75) is 44.6 Å². The molecule has 1 aliphatic rings. The number of anilines is 1. The van der Waals surface area contributed by atoms with Crippen LogP contribution in [0.15, 0.2) is 11.6 Å². The Hall–Kier alpha value is -1.96. The van der Waals surface area contributed by atoms with Gasteiger partial charge in [0.05, 0.1) is 6.42 Å². The molecule has 0 saturated heterocycles. The molecule has 8 heteroatoms. The number of amides is 2. The van der Waals surface area contributed by atoms with Crippen molar-refractivity contribution in [2.24, 2.45) is 0 Å². The maximum absolute atomic E-state index is 11.6. The molecule has 1 aliphatic carbocycles. The zero-order chi connectivity index (χ0) is 15.8. The predicted molar refractivity (Wildman–Crippen MR) is 81.3 cm³/mol. The minimum absolute atomic E-state index is 0.00264. The Balaban J connectivity index is 1.57. The van der Waals surface area contributed by atoms with E-state index in [0.29, 0.717) is 5.13 Å². The minimum Gasteiger partial charge on any atom is -0.456 e. The van der Waals surface area contributed by atoms with E-state index in [-0.39, 0.29) is 37.3 Å². The fraction of sp³-hybridized carbons (Fsp3) is 0.571. The number of thiazole rings is 1. The highest BCUT2D eigenvalue weighted by Gasteiger charge is 2.18. The van der Waals surface area contributed by atoms with Gasteiger partial charge in [-0.05, 0) is 12.8 Å². The molecule has 2 amide bonds. The normalized spacial score (nSPS) is 14.5. The lowest BCUT2D eigenvalue weighted by atomic mass is 10.2. The van der Waals surface area contributed by atoms with Crippen LogP contribution in [0.1, 0.15) is 38.5 Å². The van der Waals surface area contributed by atoms with Gasteiger partial charge in [-0.1, -0.05) is 12.8 Å². The van der Waals surface area contributed by atoms with Gasteiger partial charge in [-0.15, -0.1) is 11.3 Å². The summed E-state index contributed by atoms with van der Waals surface area (Å²) in [6.45, 7) is -0.288. The van der Waals surface area contributed by atoms with Crippen molar-refractivity contribution in [2.75, 3.05) is 11.9 Å². The van der Waals surface area contributed by atoms with Crippen molar-refractivity contribution >= 4 is 34.3 Å². The summed E-state index contributed by atoms with van der Waals surface area (Å²) in [6, 6.07) is 0.204. The Morgan fingerprint density at radius 2 is 2.00 bits per heavy atom. The maximum atomic E-state index is 11.6. The lowest BCUT2D eigenvalue weighted by molar-refractivity contribution is -0.149. The van der Waals surface area contributed by atoms with Gasteiger partial charge in [-0.2, -0.15) is 0 Å². The predicted octanol–water partition coefficient (Wildman–Crippen LogP) is 1.46. The Morgan fingerprint density at radius 3 is 2.68 bits per heavy atom. The molecule has 1 aromatic heterocycles. The summed E-state index contributed by atoms with van der Waals surface area (Å²) in [7, 11) is 0. The van der Waals surface area contributed by atoms with E-state index in [1.807, 2.05) is 0 Å². The first-order valence-corrected chi connectivity index (χ1v) is 8.16. The van der Waals surface area contributed by atoms with Gasteiger partial charge in [-0.3, -0.25) is 14.4 Å². The molecule has 0 aromatic carbocycles. The molecule has 0 atom stereocenters. The second kappa shape index (κ2) is 8.47. The van der Waals surface area contributed by atoms with E-state index in [9.17, 15) is 14.4 Å². The van der Waals surface area contributed by atoms with Gasteiger partial charge in [0.1, 0.15) is 0 Å². The summed E-state index contributed by atoms with van der Waals surface area (Å²) in [5.74, 6) is -1.15. The van der Waals surface area contributed by atoms with Crippen molar-refractivity contribution in [1.29, 1.82) is 0 Å². The Bertz CT molecular complexity index is 512. The monoisotopic (exact) mass is 325 g/mol. The third-order valence-corrected chi connectivity index (χ3v) is 4.01. The molecule has 0 unspecified atom stereocenters. The van der Waals surface area contributed by atoms with Crippen LogP contribution < -0.4 is 10.6 Å². The van der Waals surface area contributed by atoms with Crippen molar-refractivity contribution in [1.82, 2.24) is 10.3 Å². The summed E-state index contributed by atoms with van der Waals surface area (Å²) >= 11 is 1.30. The minimum atomic E-state index is -0.559. The number of ether oxygens (including phenoxy) is 1. The molecular formula is C14H19N3O4S. The molecule has 1 heterocycles. The van der Waals surface area contributed by atoms with Gasteiger partial charge in [-0.25, -0.2) is 4.98 Å². The van der Waals surface area contributed by atoms with Gasteiger partial charge in [0.2, 0.25) is 5.91 Å². The first-order chi connectivity index (χ1) is 10.6. The molecule has 0 bridgehead atoms. The van der Waals surface area contributed by atoms with Crippen LogP contribution in [-0.2, 0) is 19.1 Å². The van der Waals surface area contributed by atoms with Crippen molar-refractivity contribution < 1.29 is 19.1 Å². The van der Waals surface area contributed by atoms with E-state index < -0.39 is 5.97 Å². The third-order valence-electron chi connectivity index (χ3n) is 3.32. The summed E-state index contributed by atoms with van der Waals surface area (Å²) in [5, 5.41) is 7.64. The maximum Gasteiger partial charge on any atom is 0.306 e. The Labute approximate surface area is 132 Å². The lowest BCUT2D eigenvalue weighted by Gasteiger charge is -2.11. The molecule has 0 aliphatic heterocycles. The van der Waals surface area contributed by atoms with Crippen LogP contribution in [0.2, 0.25) is 0 Å². The summed E-state index contributed by atoms with van der Waals surface area (Å²) in [4.78, 5) is 38.5. The number of aromatic nitrogens is 1. The number of carbonyl (C=O) groups is 3. The van der Waals surface area contributed by atoms with Crippen LogP contribution >= 0.6 is 11.3 Å². The van der Waals surface area contributed by atoms with Crippen molar-refractivity contribution in [3.05, 3.63) is 11.6 Å². The zero-order valence-electron chi connectivity index (χ0n) is 12.2. The van der Waals surface area contributed by atoms with E-state index in [4.69, 9.17) is 4.74 Å². The first kappa shape index (κ1) is 16.4. The van der Waals surface area contributed by atoms with Crippen LogP contribution in [0.3, 0.4) is 0 Å². The molecule has 2 rings (SSSR count). The van der Waals surface area contributed by atoms with Crippen LogP contribution in [-0.4, -0.2) is 35.4 Å². The van der Waals surface area contributed by atoms with Crippen LogP contribution in [0.25, 0.3) is 0 Å². The molecule has 22 heavy (non-hydrogen) atoms. The second-order valence-electron chi connectivity index (χ2n) is 5.10. The molecule has 120 valence electrons. The second-order valence-corrected chi connectivity index (χ2v) is 5.99. The Morgan fingerprint density at radius 1 is 1.23 bits per heavy atom. The molecule has 7 nitrogen and oxygen atoms in total. The summed E-state index contributed by atoms with van der Waals surface area (Å²) in [5.41, 5.74) is 0. The van der Waals surface area contributed by atoms with Crippen molar-refractivity contribution in [3.63, 3.8) is 0 Å². The lowest BCUT2D eigenvalue weighted by Crippen LogP contribution is -2.35. The van der Waals surface area contributed by atoms with Crippen molar-refractivity contribution in [3.8, 4) is 0 Å². The molecule has 1 saturated carbocycles. The van der Waals surface area contributed by atoms with E-state index in [1.165, 1.54) is 11.3 Å². The van der Waals surface area contributed by atoms with E-state index >= 15 is 0 Å². The first-order valence-electron chi connectivity index (χ1n) is 7.28. The fourth-order valence-electron chi connectivity index (χ4n) is 2.24. The molecule has 1 fully saturated rings. The standard InChI is InChI=1S/C14H19N3O4S/c18-11(17-14-15-7-8-22-14)5-6-13(20)21-9-12(19)16-10-3-1-2-4-10/h7-8,10H,1-6,9H2,(H,16,19)(H,15,17,18). The Kier molecular flexibility index (Phi) is 6.32. The molecule has 0 spiro atoms. The van der Waals surface area contributed by atoms with Crippen LogP contribution in [0, 0.1) is 0 Å². The van der Waals surface area contributed by atoms with E-state index in [1.54, 1.807) is 11.6 Å². The van der Waals surface area contributed by atoms with Gasteiger partial charge in [0, 0.05) is 24.0 Å².